The number of benzene rings is 1. The van der Waals surface area contributed by atoms with E-state index in [9.17, 15) is 9.59 Å². The Bertz CT molecular complexity index is 564. The van der Waals surface area contributed by atoms with E-state index >= 15 is 0 Å². The molecule has 0 aliphatic carbocycles. The molecule has 23 heavy (non-hydrogen) atoms. The third kappa shape index (κ3) is 4.38. The fourth-order valence-electron chi connectivity index (χ4n) is 2.77. The molecule has 0 aromatic heterocycles. The highest BCUT2D eigenvalue weighted by Crippen LogP contribution is 2.25. The standard InChI is InChI=1S/C17H23ClN2O3/c1-17(2,23-14-6-4-13(18)5-7-14)16(22)20-10-8-12(9-11-20)15(21)19-3/h4-7,12H,8-11H2,1-3H3,(H,19,21). The largest absolute Gasteiger partial charge is 0.478 e. The lowest BCUT2D eigenvalue weighted by Crippen LogP contribution is -2.52. The molecule has 1 fully saturated rings. The summed E-state index contributed by atoms with van der Waals surface area (Å²) in [5.41, 5.74) is -0.965. The summed E-state index contributed by atoms with van der Waals surface area (Å²) in [6, 6.07) is 6.95. The maximum Gasteiger partial charge on any atom is 0.266 e. The molecule has 1 aromatic carbocycles. The molecule has 0 unspecified atom stereocenters. The lowest BCUT2D eigenvalue weighted by atomic mass is 9.94. The molecule has 1 heterocycles. The van der Waals surface area contributed by atoms with E-state index in [2.05, 4.69) is 5.32 Å². The Morgan fingerprint density at radius 1 is 1.22 bits per heavy atom. The molecule has 1 saturated heterocycles. The highest BCUT2D eigenvalue weighted by Gasteiger charge is 2.36. The number of ether oxygens (including phenoxy) is 1. The van der Waals surface area contributed by atoms with Crippen molar-refractivity contribution in [3.05, 3.63) is 29.3 Å². The molecule has 126 valence electrons. The Kier molecular flexibility index (Phi) is 5.52. The quantitative estimate of drug-likeness (QED) is 0.917. The van der Waals surface area contributed by atoms with Crippen LogP contribution in [0, 0.1) is 5.92 Å². The van der Waals surface area contributed by atoms with Gasteiger partial charge in [0, 0.05) is 31.1 Å². The van der Waals surface area contributed by atoms with Crippen LogP contribution < -0.4 is 10.1 Å². The van der Waals surface area contributed by atoms with Crippen LogP contribution in [-0.2, 0) is 9.59 Å². The van der Waals surface area contributed by atoms with Crippen molar-refractivity contribution >= 4 is 23.4 Å². The van der Waals surface area contributed by atoms with Gasteiger partial charge in [0.2, 0.25) is 5.91 Å². The van der Waals surface area contributed by atoms with E-state index in [1.165, 1.54) is 0 Å². The summed E-state index contributed by atoms with van der Waals surface area (Å²) in [5, 5.41) is 3.29. The van der Waals surface area contributed by atoms with Gasteiger partial charge in [-0.3, -0.25) is 9.59 Å². The van der Waals surface area contributed by atoms with Crippen LogP contribution in [0.15, 0.2) is 24.3 Å². The summed E-state index contributed by atoms with van der Waals surface area (Å²) >= 11 is 5.85. The van der Waals surface area contributed by atoms with E-state index in [-0.39, 0.29) is 17.7 Å². The van der Waals surface area contributed by atoms with Gasteiger partial charge in [-0.25, -0.2) is 0 Å². The fraction of sp³-hybridized carbons (Fsp3) is 0.529. The number of hydrogen-bond acceptors (Lipinski definition) is 3. The lowest BCUT2D eigenvalue weighted by Gasteiger charge is -2.36. The number of nitrogens with one attached hydrogen (secondary N) is 1. The minimum atomic E-state index is -0.965. The third-order valence-electron chi connectivity index (χ3n) is 4.10. The summed E-state index contributed by atoms with van der Waals surface area (Å²) in [6.45, 7) is 4.66. The van der Waals surface area contributed by atoms with Gasteiger partial charge in [0.1, 0.15) is 5.75 Å². The number of amides is 2. The second-order valence-corrected chi connectivity index (χ2v) is 6.68. The molecule has 2 rings (SSSR count). The molecule has 2 amide bonds. The van der Waals surface area contributed by atoms with Crippen LogP contribution in [-0.4, -0.2) is 42.5 Å². The minimum Gasteiger partial charge on any atom is -0.478 e. The first-order chi connectivity index (χ1) is 10.8. The molecule has 6 heteroatoms. The van der Waals surface area contributed by atoms with Crippen molar-refractivity contribution < 1.29 is 14.3 Å². The summed E-state index contributed by atoms with van der Waals surface area (Å²) in [4.78, 5) is 26.1. The maximum atomic E-state index is 12.7. The van der Waals surface area contributed by atoms with E-state index < -0.39 is 5.60 Å². The van der Waals surface area contributed by atoms with Crippen molar-refractivity contribution in [3.63, 3.8) is 0 Å². The number of likely N-dealkylation sites (tertiary alicyclic amines) is 1. The van der Waals surface area contributed by atoms with E-state index in [1.807, 2.05) is 0 Å². The predicted molar refractivity (Wildman–Crippen MR) is 89.5 cm³/mol. The summed E-state index contributed by atoms with van der Waals surface area (Å²) in [5.74, 6) is 0.578. The van der Waals surface area contributed by atoms with Crippen molar-refractivity contribution in [1.29, 1.82) is 0 Å². The first-order valence-corrected chi connectivity index (χ1v) is 8.17. The number of piperidine rings is 1. The van der Waals surface area contributed by atoms with Gasteiger partial charge in [0.25, 0.3) is 5.91 Å². The second kappa shape index (κ2) is 7.21. The van der Waals surface area contributed by atoms with Gasteiger partial charge in [-0.05, 0) is 51.0 Å². The van der Waals surface area contributed by atoms with E-state index in [0.29, 0.717) is 36.7 Å². The molecule has 0 spiro atoms. The van der Waals surface area contributed by atoms with E-state index in [0.717, 1.165) is 0 Å². The summed E-state index contributed by atoms with van der Waals surface area (Å²) in [7, 11) is 1.64. The number of hydrogen-bond donors (Lipinski definition) is 1. The zero-order valence-corrected chi connectivity index (χ0v) is 14.5. The van der Waals surface area contributed by atoms with Crippen LogP contribution in [0.4, 0.5) is 0 Å². The van der Waals surface area contributed by atoms with Crippen LogP contribution >= 0.6 is 11.6 Å². The zero-order valence-electron chi connectivity index (χ0n) is 13.8. The van der Waals surface area contributed by atoms with Gasteiger partial charge in [-0.15, -0.1) is 0 Å². The van der Waals surface area contributed by atoms with E-state index in [4.69, 9.17) is 16.3 Å². The Hall–Kier alpha value is -1.75. The Morgan fingerprint density at radius 3 is 2.30 bits per heavy atom. The molecular formula is C17H23ClN2O3. The Balaban J connectivity index is 1.96. The van der Waals surface area contributed by atoms with Crippen molar-refractivity contribution in [3.8, 4) is 5.75 Å². The second-order valence-electron chi connectivity index (χ2n) is 6.25. The normalized spacial score (nSPS) is 16.1. The van der Waals surface area contributed by atoms with Gasteiger partial charge >= 0.3 is 0 Å². The minimum absolute atomic E-state index is 0.00986. The van der Waals surface area contributed by atoms with Gasteiger partial charge < -0.3 is 15.0 Å². The Labute approximate surface area is 141 Å². The van der Waals surface area contributed by atoms with Crippen LogP contribution in [0.2, 0.25) is 5.02 Å². The average Bonchev–Trinajstić information content (AvgIpc) is 2.55. The van der Waals surface area contributed by atoms with Gasteiger partial charge in [0.15, 0.2) is 5.60 Å². The lowest BCUT2D eigenvalue weighted by molar-refractivity contribution is -0.148. The zero-order chi connectivity index (χ0) is 17.0. The maximum absolute atomic E-state index is 12.7. The van der Waals surface area contributed by atoms with Crippen molar-refractivity contribution in [1.82, 2.24) is 10.2 Å². The molecule has 0 atom stereocenters. The number of nitrogens with zero attached hydrogens (tertiary/aromatic N) is 1. The van der Waals surface area contributed by atoms with E-state index in [1.54, 1.807) is 50.1 Å². The van der Waals surface area contributed by atoms with Gasteiger partial charge in [0.05, 0.1) is 0 Å². The molecule has 1 N–H and O–H groups in total. The number of halogens is 1. The monoisotopic (exact) mass is 338 g/mol. The summed E-state index contributed by atoms with van der Waals surface area (Å²) in [6.07, 6.45) is 1.37. The average molecular weight is 339 g/mol. The highest BCUT2D eigenvalue weighted by molar-refractivity contribution is 6.30. The molecule has 1 aliphatic heterocycles. The van der Waals surface area contributed by atoms with Gasteiger partial charge in [-0.2, -0.15) is 0 Å². The number of rotatable bonds is 4. The predicted octanol–water partition coefficient (Wildman–Crippen LogP) is 2.48. The number of carbonyl (C=O) groups excluding carboxylic acids is 2. The molecule has 0 radical (unpaired) electrons. The van der Waals surface area contributed by atoms with Crippen molar-refractivity contribution in [2.45, 2.75) is 32.3 Å². The number of carbonyl (C=O) groups is 2. The topological polar surface area (TPSA) is 58.6 Å². The highest BCUT2D eigenvalue weighted by atomic mass is 35.5. The molecule has 0 saturated carbocycles. The van der Waals surface area contributed by atoms with Crippen LogP contribution in [0.25, 0.3) is 0 Å². The molecule has 1 aliphatic rings. The smallest absolute Gasteiger partial charge is 0.266 e. The van der Waals surface area contributed by atoms with Crippen molar-refractivity contribution in [2.75, 3.05) is 20.1 Å². The first kappa shape index (κ1) is 17.6. The fourth-order valence-corrected chi connectivity index (χ4v) is 2.90. The van der Waals surface area contributed by atoms with Crippen molar-refractivity contribution in [2.24, 2.45) is 5.92 Å². The van der Waals surface area contributed by atoms with Crippen LogP contribution in [0.5, 0.6) is 5.75 Å². The SMILES string of the molecule is CNC(=O)C1CCN(C(=O)C(C)(C)Oc2ccc(Cl)cc2)CC1. The molecule has 5 nitrogen and oxygen atoms in total. The summed E-state index contributed by atoms with van der Waals surface area (Å²) < 4.78 is 5.84. The Morgan fingerprint density at radius 2 is 1.78 bits per heavy atom. The molecule has 1 aromatic rings. The third-order valence-corrected chi connectivity index (χ3v) is 4.35. The van der Waals surface area contributed by atoms with Crippen LogP contribution in [0.3, 0.4) is 0 Å². The molecule has 0 bridgehead atoms. The molecular weight excluding hydrogens is 316 g/mol. The van der Waals surface area contributed by atoms with Gasteiger partial charge in [-0.1, -0.05) is 11.6 Å². The first-order valence-electron chi connectivity index (χ1n) is 7.79. The van der Waals surface area contributed by atoms with Crippen LogP contribution in [0.1, 0.15) is 26.7 Å².